The summed E-state index contributed by atoms with van der Waals surface area (Å²) in [5.74, 6) is -0.120. The second-order valence-electron chi connectivity index (χ2n) is 6.76. The molecule has 1 unspecified atom stereocenters. The minimum atomic E-state index is -4.53. The molecule has 2 heterocycles. The van der Waals surface area contributed by atoms with Crippen LogP contribution < -0.4 is 10.6 Å². The van der Waals surface area contributed by atoms with Crippen LogP contribution in [-0.2, 0) is 12.7 Å². The smallest absolute Gasteiger partial charge is 0.395 e. The topological polar surface area (TPSA) is 83.0 Å². The van der Waals surface area contributed by atoms with Gasteiger partial charge in [-0.25, -0.2) is 15.0 Å². The fourth-order valence-electron chi connectivity index (χ4n) is 2.80. The number of thiazole rings is 1. The number of aliphatic hydroxyl groups is 1. The maximum absolute atomic E-state index is 12.9. The maximum Gasteiger partial charge on any atom is 0.433 e. The third-order valence-corrected chi connectivity index (χ3v) is 5.42. The molecule has 0 amide bonds. The number of aliphatic hydroxyl groups excluding tert-OH is 1. The Morgan fingerprint density at radius 2 is 2.00 bits per heavy atom. The van der Waals surface area contributed by atoms with E-state index in [-0.39, 0.29) is 18.6 Å². The third-order valence-electron chi connectivity index (χ3n) is 4.37. The van der Waals surface area contributed by atoms with E-state index in [1.807, 2.05) is 32.0 Å². The van der Waals surface area contributed by atoms with Crippen molar-refractivity contribution in [3.05, 3.63) is 52.9 Å². The van der Waals surface area contributed by atoms with Gasteiger partial charge in [0.25, 0.3) is 0 Å². The van der Waals surface area contributed by atoms with Crippen LogP contribution in [0.2, 0.25) is 0 Å². The molecule has 0 radical (unpaired) electrons. The Kier molecular flexibility index (Phi) is 7.01. The van der Waals surface area contributed by atoms with E-state index in [1.54, 1.807) is 6.20 Å². The Morgan fingerprint density at radius 1 is 1.20 bits per heavy atom. The Hall–Kier alpha value is -2.56. The van der Waals surface area contributed by atoms with Gasteiger partial charge in [0.15, 0.2) is 0 Å². The highest BCUT2D eigenvalue weighted by Crippen LogP contribution is 2.31. The van der Waals surface area contributed by atoms with Crippen molar-refractivity contribution in [3.63, 3.8) is 0 Å². The van der Waals surface area contributed by atoms with Crippen LogP contribution >= 0.6 is 11.3 Å². The molecule has 10 heteroatoms. The molecule has 160 valence electrons. The molecule has 1 aromatic carbocycles. The van der Waals surface area contributed by atoms with E-state index in [2.05, 4.69) is 25.6 Å². The number of benzene rings is 1. The predicted octanol–water partition coefficient (Wildman–Crippen LogP) is 4.53. The van der Waals surface area contributed by atoms with Crippen LogP contribution in [0.4, 0.5) is 24.8 Å². The summed E-state index contributed by atoms with van der Waals surface area (Å²) in [4.78, 5) is 12.8. The van der Waals surface area contributed by atoms with Gasteiger partial charge in [0.05, 0.1) is 11.5 Å². The number of aryl methyl sites for hydroxylation is 1. The van der Waals surface area contributed by atoms with Gasteiger partial charge in [-0.2, -0.15) is 13.2 Å². The van der Waals surface area contributed by atoms with Gasteiger partial charge in [0, 0.05) is 30.7 Å². The second kappa shape index (κ2) is 9.50. The number of aromatic nitrogens is 3. The quantitative estimate of drug-likeness (QED) is 0.480. The first-order valence-electron chi connectivity index (χ1n) is 9.36. The van der Waals surface area contributed by atoms with E-state index >= 15 is 0 Å². The van der Waals surface area contributed by atoms with Gasteiger partial charge in [-0.1, -0.05) is 13.0 Å². The van der Waals surface area contributed by atoms with Gasteiger partial charge < -0.3 is 15.7 Å². The number of halogens is 3. The largest absolute Gasteiger partial charge is 0.433 e. The zero-order valence-corrected chi connectivity index (χ0v) is 17.3. The van der Waals surface area contributed by atoms with Crippen molar-refractivity contribution < 1.29 is 18.3 Å². The number of hydrogen-bond acceptors (Lipinski definition) is 7. The summed E-state index contributed by atoms with van der Waals surface area (Å²) in [5.41, 5.74) is 1.41. The molecule has 3 aromatic rings. The molecular weight excluding hydrogens is 415 g/mol. The van der Waals surface area contributed by atoms with Crippen LogP contribution in [0.15, 0.2) is 36.7 Å². The highest BCUT2D eigenvalue weighted by molar-refractivity contribution is 7.15. The third kappa shape index (κ3) is 5.74. The normalized spacial score (nSPS) is 12.7. The van der Waals surface area contributed by atoms with Gasteiger partial charge in [-0.15, -0.1) is 11.3 Å². The summed E-state index contributed by atoms with van der Waals surface area (Å²) in [6, 6.07) is 6.47. The summed E-state index contributed by atoms with van der Waals surface area (Å²) in [7, 11) is 0. The first kappa shape index (κ1) is 22.1. The molecule has 0 aliphatic rings. The van der Waals surface area contributed by atoms with Crippen molar-refractivity contribution in [2.24, 2.45) is 0 Å². The standard InChI is InChI=1S/C20H22F3N5OS/c1-3-14(11-29)25-10-18-26-9-16(30-18)13-6-12(2)7-15(8-13)27-19-24-5-4-17(28-19)20(21,22)23/h4-9,14,25,29H,3,10-11H2,1-2H3,(H,24,27,28). The summed E-state index contributed by atoms with van der Waals surface area (Å²) in [6.45, 7) is 4.52. The van der Waals surface area contributed by atoms with Gasteiger partial charge >= 0.3 is 6.18 Å². The van der Waals surface area contributed by atoms with E-state index in [0.717, 1.165) is 39.7 Å². The highest BCUT2D eigenvalue weighted by atomic mass is 32.1. The first-order chi connectivity index (χ1) is 14.3. The SMILES string of the molecule is CCC(CO)NCc1ncc(-c2cc(C)cc(Nc3nccc(C(F)(F)F)n3)c2)s1. The van der Waals surface area contributed by atoms with Gasteiger partial charge in [-0.3, -0.25) is 0 Å². The highest BCUT2D eigenvalue weighted by Gasteiger charge is 2.32. The average Bonchev–Trinajstić information content (AvgIpc) is 3.17. The van der Waals surface area contributed by atoms with Crippen LogP contribution in [0.25, 0.3) is 10.4 Å². The van der Waals surface area contributed by atoms with Crippen molar-refractivity contribution in [1.82, 2.24) is 20.3 Å². The number of anilines is 2. The van der Waals surface area contributed by atoms with Gasteiger partial charge in [-0.05, 0) is 42.7 Å². The van der Waals surface area contributed by atoms with Crippen molar-refractivity contribution >= 4 is 23.0 Å². The Balaban J connectivity index is 1.78. The molecule has 0 saturated carbocycles. The summed E-state index contributed by atoms with van der Waals surface area (Å²) in [6.07, 6.45) is -0.871. The number of nitrogens with one attached hydrogen (secondary N) is 2. The lowest BCUT2D eigenvalue weighted by Gasteiger charge is -2.12. The zero-order valence-electron chi connectivity index (χ0n) is 16.5. The molecule has 6 nitrogen and oxygen atoms in total. The first-order valence-corrected chi connectivity index (χ1v) is 10.2. The average molecular weight is 437 g/mol. The van der Waals surface area contributed by atoms with Gasteiger partial charge in [0.2, 0.25) is 5.95 Å². The second-order valence-corrected chi connectivity index (χ2v) is 7.88. The van der Waals surface area contributed by atoms with E-state index in [4.69, 9.17) is 0 Å². The Morgan fingerprint density at radius 3 is 2.70 bits per heavy atom. The molecule has 0 fully saturated rings. The molecule has 0 aliphatic carbocycles. The molecule has 30 heavy (non-hydrogen) atoms. The minimum absolute atomic E-state index is 0.0274. The maximum atomic E-state index is 12.9. The van der Waals surface area contributed by atoms with E-state index in [0.29, 0.717) is 12.2 Å². The lowest BCUT2D eigenvalue weighted by molar-refractivity contribution is -0.141. The number of hydrogen-bond donors (Lipinski definition) is 3. The lowest BCUT2D eigenvalue weighted by Crippen LogP contribution is -2.31. The molecular formula is C20H22F3N5OS. The van der Waals surface area contributed by atoms with Crippen LogP contribution in [0.1, 0.15) is 29.6 Å². The van der Waals surface area contributed by atoms with Crippen LogP contribution in [-0.4, -0.2) is 32.7 Å². The summed E-state index contributed by atoms with van der Waals surface area (Å²) < 4.78 is 38.6. The van der Waals surface area contributed by atoms with E-state index in [1.165, 1.54) is 11.3 Å². The summed E-state index contributed by atoms with van der Waals surface area (Å²) in [5, 5.41) is 16.3. The van der Waals surface area contributed by atoms with Crippen molar-refractivity contribution in [3.8, 4) is 10.4 Å². The zero-order chi connectivity index (χ0) is 21.7. The summed E-state index contributed by atoms with van der Waals surface area (Å²) >= 11 is 1.52. The molecule has 1 atom stereocenters. The molecule has 2 aromatic heterocycles. The molecule has 3 rings (SSSR count). The van der Waals surface area contributed by atoms with Crippen molar-refractivity contribution in [2.75, 3.05) is 11.9 Å². The number of rotatable bonds is 8. The Bertz CT molecular complexity index is 989. The van der Waals surface area contributed by atoms with E-state index < -0.39 is 11.9 Å². The van der Waals surface area contributed by atoms with Crippen LogP contribution in [0.3, 0.4) is 0 Å². The molecule has 0 bridgehead atoms. The fourth-order valence-corrected chi connectivity index (χ4v) is 3.65. The molecule has 3 N–H and O–H groups in total. The Labute approximate surface area is 176 Å². The lowest BCUT2D eigenvalue weighted by atomic mass is 10.1. The monoisotopic (exact) mass is 437 g/mol. The molecule has 0 aliphatic heterocycles. The molecule has 0 spiro atoms. The minimum Gasteiger partial charge on any atom is -0.395 e. The van der Waals surface area contributed by atoms with Crippen molar-refractivity contribution in [1.29, 1.82) is 0 Å². The van der Waals surface area contributed by atoms with Gasteiger partial charge in [0.1, 0.15) is 10.7 Å². The van der Waals surface area contributed by atoms with Crippen molar-refractivity contribution in [2.45, 2.75) is 39.0 Å². The van der Waals surface area contributed by atoms with Crippen LogP contribution in [0.5, 0.6) is 0 Å². The number of alkyl halides is 3. The predicted molar refractivity (Wildman–Crippen MR) is 111 cm³/mol. The number of nitrogens with zero attached hydrogens (tertiary/aromatic N) is 3. The fraction of sp³-hybridized carbons (Fsp3) is 0.350. The van der Waals surface area contributed by atoms with E-state index in [9.17, 15) is 18.3 Å². The molecule has 0 saturated heterocycles. The van der Waals surface area contributed by atoms with Crippen LogP contribution in [0, 0.1) is 6.92 Å².